The van der Waals surface area contributed by atoms with Crippen LogP contribution in [0.4, 0.5) is 0 Å². The molecule has 100 valence electrons. The molecule has 0 aliphatic rings. The van der Waals surface area contributed by atoms with Crippen LogP contribution in [-0.4, -0.2) is 26.8 Å². The molecular weight excluding hydrogens is 232 g/mol. The van der Waals surface area contributed by atoms with Crippen LogP contribution in [0.15, 0.2) is 18.2 Å². The molecule has 0 aliphatic carbocycles. The number of hydrogen-bond acceptors (Lipinski definition) is 4. The first-order chi connectivity index (χ1) is 8.69. The van der Waals surface area contributed by atoms with Crippen LogP contribution in [0.5, 0.6) is 11.5 Å². The molecule has 0 radical (unpaired) electrons. The second-order valence-corrected chi connectivity index (χ2v) is 3.88. The zero-order chi connectivity index (χ0) is 13.4. The van der Waals surface area contributed by atoms with Gasteiger partial charge in [-0.1, -0.05) is 0 Å². The molecule has 0 spiro atoms. The Morgan fingerprint density at radius 2 is 1.72 bits per heavy atom. The van der Waals surface area contributed by atoms with Gasteiger partial charge in [-0.2, -0.15) is 0 Å². The third-order valence-corrected chi connectivity index (χ3v) is 2.56. The molecule has 0 saturated carbocycles. The highest BCUT2D eigenvalue weighted by Crippen LogP contribution is 2.23. The lowest BCUT2D eigenvalue weighted by atomic mass is 10.1. The number of hydrogen-bond donors (Lipinski definition) is 0. The molecule has 1 rings (SSSR count). The SMILES string of the molecule is CCOC(=O)CCCc1cc(OC)cc(OC)c1. The Bertz CT molecular complexity index is 365. The van der Waals surface area contributed by atoms with Crippen molar-refractivity contribution in [3.8, 4) is 11.5 Å². The molecule has 0 aliphatic heterocycles. The standard InChI is InChI=1S/C14H20O4/c1-4-18-14(15)7-5-6-11-8-12(16-2)10-13(9-11)17-3/h8-10H,4-7H2,1-3H3. The summed E-state index contributed by atoms with van der Waals surface area (Å²) in [6.45, 7) is 2.25. The average Bonchev–Trinajstić information content (AvgIpc) is 2.38. The molecule has 0 heterocycles. The average molecular weight is 252 g/mol. The summed E-state index contributed by atoms with van der Waals surface area (Å²) in [5, 5.41) is 0. The first kappa shape index (κ1) is 14.4. The highest BCUT2D eigenvalue weighted by molar-refractivity contribution is 5.69. The largest absolute Gasteiger partial charge is 0.497 e. The Hall–Kier alpha value is -1.71. The predicted molar refractivity (Wildman–Crippen MR) is 69.1 cm³/mol. The third-order valence-electron chi connectivity index (χ3n) is 2.56. The van der Waals surface area contributed by atoms with Crippen LogP contribution in [0.25, 0.3) is 0 Å². The van der Waals surface area contributed by atoms with Crippen LogP contribution < -0.4 is 9.47 Å². The number of carbonyl (C=O) groups excluding carboxylic acids is 1. The van der Waals surface area contributed by atoms with E-state index in [0.717, 1.165) is 29.9 Å². The summed E-state index contributed by atoms with van der Waals surface area (Å²) in [6.07, 6.45) is 1.99. The van der Waals surface area contributed by atoms with Crippen molar-refractivity contribution in [2.75, 3.05) is 20.8 Å². The van der Waals surface area contributed by atoms with Crippen LogP contribution in [0, 0.1) is 0 Å². The maximum atomic E-state index is 11.2. The van der Waals surface area contributed by atoms with Crippen molar-refractivity contribution in [3.05, 3.63) is 23.8 Å². The monoisotopic (exact) mass is 252 g/mol. The highest BCUT2D eigenvalue weighted by Gasteiger charge is 2.05. The molecule has 4 nitrogen and oxygen atoms in total. The van der Waals surface area contributed by atoms with E-state index in [1.54, 1.807) is 14.2 Å². The summed E-state index contributed by atoms with van der Waals surface area (Å²) in [6, 6.07) is 5.73. The summed E-state index contributed by atoms with van der Waals surface area (Å²) < 4.78 is 15.3. The maximum absolute atomic E-state index is 11.2. The van der Waals surface area contributed by atoms with Gasteiger partial charge in [-0.25, -0.2) is 0 Å². The van der Waals surface area contributed by atoms with Gasteiger partial charge in [0.1, 0.15) is 11.5 Å². The first-order valence-corrected chi connectivity index (χ1v) is 6.07. The normalized spacial score (nSPS) is 9.94. The number of methoxy groups -OCH3 is 2. The van der Waals surface area contributed by atoms with E-state index in [1.807, 2.05) is 25.1 Å². The molecular formula is C14H20O4. The fraction of sp³-hybridized carbons (Fsp3) is 0.500. The van der Waals surface area contributed by atoms with E-state index in [1.165, 1.54) is 0 Å². The van der Waals surface area contributed by atoms with Crippen molar-refractivity contribution in [2.45, 2.75) is 26.2 Å². The summed E-state index contributed by atoms with van der Waals surface area (Å²) >= 11 is 0. The Balaban J connectivity index is 2.53. The summed E-state index contributed by atoms with van der Waals surface area (Å²) in [4.78, 5) is 11.2. The van der Waals surface area contributed by atoms with Gasteiger partial charge in [0.25, 0.3) is 0 Å². The molecule has 0 N–H and O–H groups in total. The Morgan fingerprint density at radius 3 is 2.22 bits per heavy atom. The van der Waals surface area contributed by atoms with Gasteiger partial charge in [0.15, 0.2) is 0 Å². The fourth-order valence-electron chi connectivity index (χ4n) is 1.68. The first-order valence-electron chi connectivity index (χ1n) is 6.07. The van der Waals surface area contributed by atoms with Gasteiger partial charge in [0.05, 0.1) is 20.8 Å². The summed E-state index contributed by atoms with van der Waals surface area (Å²) in [5.41, 5.74) is 1.09. The second-order valence-electron chi connectivity index (χ2n) is 3.88. The smallest absolute Gasteiger partial charge is 0.305 e. The van der Waals surface area contributed by atoms with Gasteiger partial charge in [-0.3, -0.25) is 4.79 Å². The van der Waals surface area contributed by atoms with Crippen LogP contribution in [-0.2, 0) is 16.0 Å². The lowest BCUT2D eigenvalue weighted by Crippen LogP contribution is -2.04. The number of ether oxygens (including phenoxy) is 3. The molecule has 18 heavy (non-hydrogen) atoms. The van der Waals surface area contributed by atoms with E-state index in [2.05, 4.69) is 0 Å². The van der Waals surface area contributed by atoms with Crippen molar-refractivity contribution in [1.29, 1.82) is 0 Å². The molecule has 0 fully saturated rings. The summed E-state index contributed by atoms with van der Waals surface area (Å²) in [7, 11) is 3.24. The van der Waals surface area contributed by atoms with Gasteiger partial charge in [-0.15, -0.1) is 0 Å². The Kier molecular flexibility index (Phi) is 6.05. The molecule has 0 bridgehead atoms. The van der Waals surface area contributed by atoms with Gasteiger partial charge < -0.3 is 14.2 Å². The quantitative estimate of drug-likeness (QED) is 0.700. The van der Waals surface area contributed by atoms with Gasteiger partial charge in [0, 0.05) is 12.5 Å². The molecule has 0 saturated heterocycles. The van der Waals surface area contributed by atoms with E-state index in [0.29, 0.717) is 13.0 Å². The van der Waals surface area contributed by atoms with Gasteiger partial charge in [0.2, 0.25) is 0 Å². The van der Waals surface area contributed by atoms with E-state index in [4.69, 9.17) is 14.2 Å². The number of rotatable bonds is 7. The van der Waals surface area contributed by atoms with Crippen molar-refractivity contribution >= 4 is 5.97 Å². The van der Waals surface area contributed by atoms with Gasteiger partial charge >= 0.3 is 5.97 Å². The third kappa shape index (κ3) is 4.65. The fourth-order valence-corrected chi connectivity index (χ4v) is 1.68. The molecule has 1 aromatic rings. The van der Waals surface area contributed by atoms with Crippen LogP contribution in [0.1, 0.15) is 25.3 Å². The zero-order valence-corrected chi connectivity index (χ0v) is 11.2. The van der Waals surface area contributed by atoms with Crippen LogP contribution in [0.3, 0.4) is 0 Å². The van der Waals surface area contributed by atoms with Crippen molar-refractivity contribution in [3.63, 3.8) is 0 Å². The van der Waals surface area contributed by atoms with Crippen molar-refractivity contribution in [1.82, 2.24) is 0 Å². The minimum absolute atomic E-state index is 0.146. The Labute approximate surface area is 108 Å². The number of benzene rings is 1. The zero-order valence-electron chi connectivity index (χ0n) is 11.2. The minimum Gasteiger partial charge on any atom is -0.497 e. The predicted octanol–water partition coefficient (Wildman–Crippen LogP) is 2.59. The maximum Gasteiger partial charge on any atom is 0.305 e. The van der Waals surface area contributed by atoms with E-state index >= 15 is 0 Å². The Morgan fingerprint density at radius 1 is 1.11 bits per heavy atom. The number of esters is 1. The van der Waals surface area contributed by atoms with Gasteiger partial charge in [-0.05, 0) is 37.5 Å². The lowest BCUT2D eigenvalue weighted by molar-refractivity contribution is -0.143. The van der Waals surface area contributed by atoms with E-state index in [9.17, 15) is 4.79 Å². The molecule has 0 aromatic heterocycles. The van der Waals surface area contributed by atoms with Crippen molar-refractivity contribution < 1.29 is 19.0 Å². The number of aryl methyl sites for hydroxylation is 1. The highest BCUT2D eigenvalue weighted by atomic mass is 16.5. The molecule has 0 atom stereocenters. The molecule has 1 aromatic carbocycles. The van der Waals surface area contributed by atoms with E-state index in [-0.39, 0.29) is 5.97 Å². The molecule has 4 heteroatoms. The topological polar surface area (TPSA) is 44.8 Å². The number of carbonyl (C=O) groups is 1. The molecule has 0 unspecified atom stereocenters. The van der Waals surface area contributed by atoms with Crippen LogP contribution in [0.2, 0.25) is 0 Å². The van der Waals surface area contributed by atoms with E-state index < -0.39 is 0 Å². The lowest BCUT2D eigenvalue weighted by Gasteiger charge is -2.08. The molecule has 0 amide bonds. The van der Waals surface area contributed by atoms with Crippen LogP contribution >= 0.6 is 0 Å². The second kappa shape index (κ2) is 7.58. The van der Waals surface area contributed by atoms with Crippen molar-refractivity contribution in [2.24, 2.45) is 0 Å². The summed E-state index contributed by atoms with van der Waals surface area (Å²) in [5.74, 6) is 1.38. The minimum atomic E-state index is -0.146.